The van der Waals surface area contributed by atoms with E-state index in [4.69, 9.17) is 0 Å². The molecule has 0 amide bonds. The molecular weight excluding hydrogens is 285 g/mol. The van der Waals surface area contributed by atoms with Gasteiger partial charge in [0.15, 0.2) is 0 Å². The number of thiophene rings is 1. The van der Waals surface area contributed by atoms with Gasteiger partial charge in [-0.25, -0.2) is 0 Å². The number of rotatable bonds is 2. The minimum absolute atomic E-state index is 0. The van der Waals surface area contributed by atoms with Gasteiger partial charge in [-0.15, -0.1) is 23.7 Å². The summed E-state index contributed by atoms with van der Waals surface area (Å²) >= 11 is 0.853. The Hall–Kier alpha value is -0.300. The molecule has 0 radical (unpaired) electrons. The van der Waals surface area contributed by atoms with Gasteiger partial charge in [0.1, 0.15) is 4.88 Å². The number of hydrogen-bond donors (Lipinski definition) is 1. The largest absolute Gasteiger partial charge is 0.425 e. The van der Waals surface area contributed by atoms with Gasteiger partial charge in [-0.3, -0.25) is 4.90 Å². The number of alkyl halides is 3. The van der Waals surface area contributed by atoms with Gasteiger partial charge in [0.05, 0.1) is 0 Å². The van der Waals surface area contributed by atoms with Crippen molar-refractivity contribution in [2.24, 2.45) is 0 Å². The highest BCUT2D eigenvalue weighted by Crippen LogP contribution is 2.34. The first-order chi connectivity index (χ1) is 8.05. The standard InChI is InChI=1S/C11H15F3N2S.ClH/c12-11(13,14)10-3-2-9(17-10)8-16-6-1-4-15-5-7-16;/h2-3,15H,1,4-8H2;1H. The van der Waals surface area contributed by atoms with Gasteiger partial charge in [-0.1, -0.05) is 0 Å². The van der Waals surface area contributed by atoms with Crippen LogP contribution in [0.2, 0.25) is 0 Å². The molecule has 1 aliphatic rings. The second-order valence-corrected chi connectivity index (χ2v) is 5.31. The Bertz CT molecular complexity index is 359. The zero-order valence-electron chi connectivity index (χ0n) is 9.79. The highest BCUT2D eigenvalue weighted by molar-refractivity contribution is 7.12. The Morgan fingerprint density at radius 2 is 2.00 bits per heavy atom. The van der Waals surface area contributed by atoms with Crippen LogP contribution in [0.15, 0.2) is 12.1 Å². The zero-order valence-corrected chi connectivity index (χ0v) is 11.4. The highest BCUT2D eigenvalue weighted by atomic mass is 35.5. The number of halogens is 4. The van der Waals surface area contributed by atoms with Crippen LogP contribution in [-0.4, -0.2) is 31.1 Å². The summed E-state index contributed by atoms with van der Waals surface area (Å²) in [6.45, 7) is 4.39. The average molecular weight is 301 g/mol. The van der Waals surface area contributed by atoms with Crippen LogP contribution >= 0.6 is 23.7 Å². The van der Waals surface area contributed by atoms with Crippen LogP contribution in [0, 0.1) is 0 Å². The molecule has 1 aromatic rings. The highest BCUT2D eigenvalue weighted by Gasteiger charge is 2.32. The maximum Gasteiger partial charge on any atom is 0.425 e. The Morgan fingerprint density at radius 1 is 1.22 bits per heavy atom. The molecule has 104 valence electrons. The van der Waals surface area contributed by atoms with E-state index >= 15 is 0 Å². The predicted molar refractivity (Wildman–Crippen MR) is 69.3 cm³/mol. The lowest BCUT2D eigenvalue weighted by Crippen LogP contribution is -2.27. The van der Waals surface area contributed by atoms with Crippen molar-refractivity contribution in [2.75, 3.05) is 26.2 Å². The molecule has 0 atom stereocenters. The van der Waals surface area contributed by atoms with Gasteiger partial charge >= 0.3 is 6.18 Å². The Morgan fingerprint density at radius 3 is 2.67 bits per heavy atom. The molecule has 1 aliphatic heterocycles. The molecule has 0 bridgehead atoms. The van der Waals surface area contributed by atoms with E-state index in [2.05, 4.69) is 10.2 Å². The maximum atomic E-state index is 12.4. The molecule has 0 saturated carbocycles. The molecule has 0 spiro atoms. The first kappa shape index (κ1) is 15.8. The SMILES string of the molecule is Cl.FC(F)(F)c1ccc(CN2CCCNCC2)s1. The quantitative estimate of drug-likeness (QED) is 0.903. The first-order valence-electron chi connectivity index (χ1n) is 5.65. The van der Waals surface area contributed by atoms with Crippen molar-refractivity contribution in [2.45, 2.75) is 19.1 Å². The average Bonchev–Trinajstić information content (AvgIpc) is 2.56. The van der Waals surface area contributed by atoms with Crippen LogP contribution in [0.25, 0.3) is 0 Å². The topological polar surface area (TPSA) is 15.3 Å². The van der Waals surface area contributed by atoms with E-state index in [1.807, 2.05) is 0 Å². The molecule has 0 aromatic carbocycles. The minimum atomic E-state index is -4.21. The fourth-order valence-corrected chi connectivity index (χ4v) is 2.81. The summed E-state index contributed by atoms with van der Waals surface area (Å²) in [6, 6.07) is 2.77. The molecular formula is C11H16ClF3N2S. The predicted octanol–water partition coefficient (Wildman–Crippen LogP) is 2.98. The van der Waals surface area contributed by atoms with Gasteiger partial charge in [0, 0.05) is 24.5 Å². The Labute approximate surface area is 115 Å². The van der Waals surface area contributed by atoms with Crippen molar-refractivity contribution in [3.63, 3.8) is 0 Å². The fraction of sp³-hybridized carbons (Fsp3) is 0.636. The van der Waals surface area contributed by atoms with Gasteiger partial charge in [-0.2, -0.15) is 13.2 Å². The molecule has 7 heteroatoms. The molecule has 0 aliphatic carbocycles. The van der Waals surface area contributed by atoms with Crippen LogP contribution < -0.4 is 5.32 Å². The van der Waals surface area contributed by atoms with Crippen molar-refractivity contribution >= 4 is 23.7 Å². The van der Waals surface area contributed by atoms with Crippen LogP contribution in [-0.2, 0) is 12.7 Å². The third-order valence-electron chi connectivity index (χ3n) is 2.75. The van der Waals surface area contributed by atoms with E-state index in [1.54, 1.807) is 6.07 Å². The molecule has 1 fully saturated rings. The van der Waals surface area contributed by atoms with Gasteiger partial charge in [0.25, 0.3) is 0 Å². The molecule has 2 heterocycles. The van der Waals surface area contributed by atoms with E-state index in [9.17, 15) is 13.2 Å². The molecule has 0 unspecified atom stereocenters. The zero-order chi connectivity index (χ0) is 12.3. The van der Waals surface area contributed by atoms with Crippen LogP contribution in [0.5, 0.6) is 0 Å². The van der Waals surface area contributed by atoms with Gasteiger partial charge in [-0.05, 0) is 31.6 Å². The Balaban J connectivity index is 0.00000162. The summed E-state index contributed by atoms with van der Waals surface area (Å²) in [4.78, 5) is 2.49. The Kier molecular flexibility index (Phi) is 5.91. The maximum absolute atomic E-state index is 12.4. The summed E-state index contributed by atoms with van der Waals surface area (Å²) in [5, 5.41) is 3.27. The van der Waals surface area contributed by atoms with Crippen LogP contribution in [0.1, 0.15) is 16.2 Å². The smallest absolute Gasteiger partial charge is 0.315 e. The van der Waals surface area contributed by atoms with Crippen molar-refractivity contribution in [3.8, 4) is 0 Å². The third-order valence-corrected chi connectivity index (χ3v) is 3.87. The molecule has 1 N–H and O–H groups in total. The molecule has 1 aromatic heterocycles. The molecule has 2 nitrogen and oxygen atoms in total. The summed E-state index contributed by atoms with van der Waals surface area (Å²) in [5.41, 5.74) is 0. The second kappa shape index (κ2) is 6.75. The van der Waals surface area contributed by atoms with E-state index in [-0.39, 0.29) is 12.4 Å². The van der Waals surface area contributed by atoms with Crippen molar-refractivity contribution < 1.29 is 13.2 Å². The molecule has 18 heavy (non-hydrogen) atoms. The van der Waals surface area contributed by atoms with Crippen molar-refractivity contribution in [1.29, 1.82) is 0 Å². The minimum Gasteiger partial charge on any atom is -0.315 e. The number of hydrogen-bond acceptors (Lipinski definition) is 3. The van der Waals surface area contributed by atoms with E-state index < -0.39 is 11.1 Å². The van der Waals surface area contributed by atoms with E-state index in [1.165, 1.54) is 6.07 Å². The first-order valence-corrected chi connectivity index (χ1v) is 6.46. The monoisotopic (exact) mass is 300 g/mol. The van der Waals surface area contributed by atoms with E-state index in [0.717, 1.165) is 48.8 Å². The van der Waals surface area contributed by atoms with Gasteiger partial charge in [0.2, 0.25) is 0 Å². The summed E-state index contributed by atoms with van der Waals surface area (Å²) in [6.07, 6.45) is -3.15. The molecule has 2 rings (SSSR count). The lowest BCUT2D eigenvalue weighted by Gasteiger charge is -2.18. The van der Waals surface area contributed by atoms with Gasteiger partial charge < -0.3 is 5.32 Å². The van der Waals surface area contributed by atoms with Crippen molar-refractivity contribution in [3.05, 3.63) is 21.9 Å². The van der Waals surface area contributed by atoms with E-state index in [0.29, 0.717) is 6.54 Å². The lowest BCUT2D eigenvalue weighted by molar-refractivity contribution is -0.134. The number of nitrogens with zero attached hydrogens (tertiary/aromatic N) is 1. The molecule has 1 saturated heterocycles. The lowest BCUT2D eigenvalue weighted by atomic mass is 10.3. The normalized spacial score (nSPS) is 18.2. The fourth-order valence-electron chi connectivity index (χ4n) is 1.90. The summed E-state index contributed by atoms with van der Waals surface area (Å²) in [7, 11) is 0. The summed E-state index contributed by atoms with van der Waals surface area (Å²) < 4.78 is 37.3. The van der Waals surface area contributed by atoms with Crippen molar-refractivity contribution in [1.82, 2.24) is 10.2 Å². The summed E-state index contributed by atoms with van der Waals surface area (Å²) in [5.74, 6) is 0. The number of nitrogens with one attached hydrogen (secondary N) is 1. The van der Waals surface area contributed by atoms with Crippen LogP contribution in [0.4, 0.5) is 13.2 Å². The third kappa shape index (κ3) is 4.42. The van der Waals surface area contributed by atoms with Crippen LogP contribution in [0.3, 0.4) is 0 Å². The second-order valence-electron chi connectivity index (χ2n) is 4.14.